The van der Waals surface area contributed by atoms with Crippen LogP contribution in [0.5, 0.6) is 0 Å². The molecule has 116 valence electrons. The van der Waals surface area contributed by atoms with Crippen molar-refractivity contribution in [3.05, 3.63) is 46.0 Å². The molecule has 1 unspecified atom stereocenters. The highest BCUT2D eigenvalue weighted by atomic mass is 35.5. The molecule has 1 aromatic carbocycles. The predicted octanol–water partition coefficient (Wildman–Crippen LogP) is 3.08. The van der Waals surface area contributed by atoms with Crippen molar-refractivity contribution < 1.29 is 9.13 Å². The molecule has 0 spiro atoms. The maximum absolute atomic E-state index is 13.3. The normalized spacial score (nSPS) is 18.5. The Kier molecular flexibility index (Phi) is 4.33. The Bertz CT molecular complexity index is 701. The van der Waals surface area contributed by atoms with E-state index in [-0.39, 0.29) is 16.9 Å². The van der Waals surface area contributed by atoms with E-state index in [1.165, 1.54) is 12.4 Å². The zero-order valence-electron chi connectivity index (χ0n) is 11.5. The van der Waals surface area contributed by atoms with E-state index in [1.807, 2.05) is 4.90 Å². The number of anilines is 2. The zero-order chi connectivity index (χ0) is 15.7. The van der Waals surface area contributed by atoms with E-state index in [0.717, 1.165) is 5.56 Å². The van der Waals surface area contributed by atoms with Gasteiger partial charge in [-0.1, -0.05) is 29.3 Å². The lowest BCUT2D eigenvalue weighted by Gasteiger charge is -2.34. The number of hydrogen-bond acceptors (Lipinski definition) is 5. The molecule has 1 saturated heterocycles. The maximum Gasteiger partial charge on any atom is 0.153 e. The van der Waals surface area contributed by atoms with E-state index in [0.29, 0.717) is 30.5 Å². The summed E-state index contributed by atoms with van der Waals surface area (Å²) in [7, 11) is 0. The molecule has 0 bridgehead atoms. The van der Waals surface area contributed by atoms with Gasteiger partial charge in [0.25, 0.3) is 0 Å². The molecule has 0 amide bonds. The van der Waals surface area contributed by atoms with Gasteiger partial charge in [-0.3, -0.25) is 0 Å². The molecular weight excluding hydrogens is 330 g/mol. The molecule has 1 aliphatic heterocycles. The molecule has 2 heterocycles. The second-order valence-corrected chi connectivity index (χ2v) is 5.66. The lowest BCUT2D eigenvalue weighted by Crippen LogP contribution is -2.39. The number of aromatic nitrogens is 2. The van der Waals surface area contributed by atoms with E-state index < -0.39 is 5.82 Å². The van der Waals surface area contributed by atoms with Crippen molar-refractivity contribution in [2.24, 2.45) is 0 Å². The molecule has 0 aliphatic carbocycles. The summed E-state index contributed by atoms with van der Waals surface area (Å²) in [5.74, 6) is 0.347. The second-order valence-electron chi connectivity index (χ2n) is 4.88. The van der Waals surface area contributed by atoms with Gasteiger partial charge in [-0.2, -0.15) is 0 Å². The van der Waals surface area contributed by atoms with Crippen LogP contribution in [0.3, 0.4) is 0 Å². The third kappa shape index (κ3) is 2.95. The van der Waals surface area contributed by atoms with Crippen molar-refractivity contribution in [2.75, 3.05) is 30.3 Å². The Morgan fingerprint density at radius 2 is 2.14 bits per heavy atom. The molecule has 3 rings (SSSR count). The molecule has 0 radical (unpaired) electrons. The van der Waals surface area contributed by atoms with Crippen LogP contribution in [0, 0.1) is 5.82 Å². The molecule has 1 atom stereocenters. The van der Waals surface area contributed by atoms with Crippen molar-refractivity contribution in [1.29, 1.82) is 0 Å². The standard InChI is InChI=1S/C14H13Cl2FN4O/c15-9-5-8(1-2-10(9)17)11-6-21(3-4-22-11)14-12(16)13(18)19-7-20-14/h1-2,5,7,11H,3-4,6H2,(H2,18,19,20). The number of halogens is 3. The molecule has 1 aliphatic rings. The Morgan fingerprint density at radius 3 is 2.91 bits per heavy atom. The van der Waals surface area contributed by atoms with Crippen LogP contribution >= 0.6 is 23.2 Å². The Balaban J connectivity index is 1.85. The predicted molar refractivity (Wildman–Crippen MR) is 83.8 cm³/mol. The Labute approximate surface area is 136 Å². The first-order valence-corrected chi connectivity index (χ1v) is 7.39. The van der Waals surface area contributed by atoms with Crippen molar-refractivity contribution in [3.63, 3.8) is 0 Å². The number of nitrogens with two attached hydrogens (primary N) is 1. The minimum absolute atomic E-state index is 0.0718. The van der Waals surface area contributed by atoms with Crippen molar-refractivity contribution in [2.45, 2.75) is 6.10 Å². The summed E-state index contributed by atoms with van der Waals surface area (Å²) >= 11 is 12.0. The molecule has 1 aromatic heterocycles. The lowest BCUT2D eigenvalue weighted by molar-refractivity contribution is 0.0395. The number of rotatable bonds is 2. The van der Waals surface area contributed by atoms with Crippen LogP contribution in [0.1, 0.15) is 11.7 Å². The average molecular weight is 343 g/mol. The number of nitrogen functional groups attached to an aromatic ring is 1. The molecule has 1 fully saturated rings. The van der Waals surface area contributed by atoms with Gasteiger partial charge >= 0.3 is 0 Å². The first kappa shape index (κ1) is 15.3. The Morgan fingerprint density at radius 1 is 1.32 bits per heavy atom. The summed E-state index contributed by atoms with van der Waals surface area (Å²) in [5.41, 5.74) is 6.51. The number of benzene rings is 1. The van der Waals surface area contributed by atoms with Gasteiger partial charge in [-0.15, -0.1) is 0 Å². The van der Waals surface area contributed by atoms with Gasteiger partial charge in [-0.25, -0.2) is 14.4 Å². The lowest BCUT2D eigenvalue weighted by atomic mass is 10.1. The SMILES string of the molecule is Nc1ncnc(N2CCOC(c3ccc(F)c(Cl)c3)C2)c1Cl. The van der Waals surface area contributed by atoms with Gasteiger partial charge in [0.2, 0.25) is 0 Å². The average Bonchev–Trinajstić information content (AvgIpc) is 2.53. The first-order valence-electron chi connectivity index (χ1n) is 6.63. The summed E-state index contributed by atoms with van der Waals surface area (Å²) in [6.07, 6.45) is 1.12. The van der Waals surface area contributed by atoms with Crippen molar-refractivity contribution in [3.8, 4) is 0 Å². The quantitative estimate of drug-likeness (QED) is 0.908. The molecule has 2 N–H and O–H groups in total. The minimum Gasteiger partial charge on any atom is -0.382 e. The highest BCUT2D eigenvalue weighted by Crippen LogP contribution is 2.32. The summed E-state index contributed by atoms with van der Waals surface area (Å²) in [6, 6.07) is 4.56. The smallest absolute Gasteiger partial charge is 0.153 e. The molecule has 8 heteroatoms. The number of morpholine rings is 1. The van der Waals surface area contributed by atoms with E-state index in [2.05, 4.69) is 9.97 Å². The number of ether oxygens (including phenoxy) is 1. The zero-order valence-corrected chi connectivity index (χ0v) is 13.0. The van der Waals surface area contributed by atoms with Crippen LogP contribution in [0.15, 0.2) is 24.5 Å². The highest BCUT2D eigenvalue weighted by molar-refractivity contribution is 6.35. The van der Waals surface area contributed by atoms with E-state index >= 15 is 0 Å². The second kappa shape index (κ2) is 6.24. The monoisotopic (exact) mass is 342 g/mol. The van der Waals surface area contributed by atoms with Gasteiger partial charge in [0.1, 0.15) is 29.1 Å². The minimum atomic E-state index is -0.454. The molecule has 22 heavy (non-hydrogen) atoms. The largest absolute Gasteiger partial charge is 0.382 e. The van der Waals surface area contributed by atoms with E-state index in [9.17, 15) is 4.39 Å². The van der Waals surface area contributed by atoms with E-state index in [1.54, 1.807) is 12.1 Å². The molecule has 5 nitrogen and oxygen atoms in total. The summed E-state index contributed by atoms with van der Waals surface area (Å²) in [6.45, 7) is 1.62. The van der Waals surface area contributed by atoms with Crippen LogP contribution < -0.4 is 10.6 Å². The van der Waals surface area contributed by atoms with E-state index in [4.69, 9.17) is 33.7 Å². The fraction of sp³-hybridized carbons (Fsp3) is 0.286. The highest BCUT2D eigenvalue weighted by Gasteiger charge is 2.25. The van der Waals surface area contributed by atoms with Gasteiger partial charge < -0.3 is 15.4 Å². The number of nitrogens with zero attached hydrogens (tertiary/aromatic N) is 3. The van der Waals surface area contributed by atoms with Crippen molar-refractivity contribution >= 4 is 34.8 Å². The first-order chi connectivity index (χ1) is 10.6. The van der Waals surface area contributed by atoms with Gasteiger partial charge in [0.15, 0.2) is 5.82 Å². The van der Waals surface area contributed by atoms with Crippen LogP contribution in [0.25, 0.3) is 0 Å². The molecule has 0 saturated carbocycles. The summed E-state index contributed by atoms with van der Waals surface area (Å²) in [5, 5.41) is 0.392. The summed E-state index contributed by atoms with van der Waals surface area (Å²) < 4.78 is 19.0. The van der Waals surface area contributed by atoms with Gasteiger partial charge in [0.05, 0.1) is 11.6 Å². The molecular formula is C14H13Cl2FN4O. The van der Waals surface area contributed by atoms with Gasteiger partial charge in [0, 0.05) is 13.1 Å². The molecule has 2 aromatic rings. The number of hydrogen-bond donors (Lipinski definition) is 1. The van der Waals surface area contributed by atoms with Gasteiger partial charge in [-0.05, 0) is 17.7 Å². The van der Waals surface area contributed by atoms with Crippen LogP contribution in [0.2, 0.25) is 10.0 Å². The van der Waals surface area contributed by atoms with Crippen LogP contribution in [-0.2, 0) is 4.74 Å². The third-order valence-corrected chi connectivity index (χ3v) is 4.13. The van der Waals surface area contributed by atoms with Crippen molar-refractivity contribution in [1.82, 2.24) is 9.97 Å². The fourth-order valence-electron chi connectivity index (χ4n) is 2.35. The fourth-order valence-corrected chi connectivity index (χ4v) is 2.76. The van der Waals surface area contributed by atoms with Crippen LogP contribution in [-0.4, -0.2) is 29.7 Å². The Hall–Kier alpha value is -1.63. The van der Waals surface area contributed by atoms with Crippen LogP contribution in [0.4, 0.5) is 16.0 Å². The summed E-state index contributed by atoms with van der Waals surface area (Å²) in [4.78, 5) is 10.00. The topological polar surface area (TPSA) is 64.3 Å². The maximum atomic E-state index is 13.3. The third-order valence-electron chi connectivity index (χ3n) is 3.48.